The Morgan fingerprint density at radius 3 is 2.31 bits per heavy atom. The van der Waals surface area contributed by atoms with Gasteiger partial charge in [0, 0.05) is 11.5 Å². The Kier molecular flexibility index (Phi) is 3.84. The summed E-state index contributed by atoms with van der Waals surface area (Å²) in [5, 5.41) is 0.837. The molecule has 1 aromatic rings. The van der Waals surface area contributed by atoms with Crippen molar-refractivity contribution >= 4 is 15.8 Å². The standard InChI is InChI=1S/C11H12O4S/c1-9-3-5-10(6-4-9)16(13,14)8-7-11(12)15-2/h3-8H,1-2H3/b8-7+. The zero-order valence-corrected chi connectivity index (χ0v) is 9.82. The molecule has 0 N–H and O–H groups in total. The molecule has 0 unspecified atom stereocenters. The maximum atomic E-state index is 11.7. The van der Waals surface area contributed by atoms with Gasteiger partial charge in [-0.25, -0.2) is 13.2 Å². The third-order valence-corrected chi connectivity index (χ3v) is 3.36. The molecule has 5 heteroatoms. The highest BCUT2D eigenvalue weighted by Crippen LogP contribution is 2.12. The number of hydrogen-bond donors (Lipinski definition) is 0. The molecule has 86 valence electrons. The van der Waals surface area contributed by atoms with Crippen LogP contribution in [0.25, 0.3) is 0 Å². The van der Waals surface area contributed by atoms with Crippen molar-refractivity contribution in [1.82, 2.24) is 0 Å². The zero-order chi connectivity index (χ0) is 12.2. The summed E-state index contributed by atoms with van der Waals surface area (Å²) in [6.45, 7) is 1.86. The van der Waals surface area contributed by atoms with E-state index in [9.17, 15) is 13.2 Å². The quantitative estimate of drug-likeness (QED) is 0.592. The van der Waals surface area contributed by atoms with Gasteiger partial charge in [0.25, 0.3) is 0 Å². The second kappa shape index (κ2) is 4.94. The molecule has 0 heterocycles. The van der Waals surface area contributed by atoms with Gasteiger partial charge in [-0.2, -0.15) is 0 Å². The Bertz CT molecular complexity index is 497. The Morgan fingerprint density at radius 2 is 1.81 bits per heavy atom. The molecule has 0 aliphatic rings. The number of carbonyl (C=O) groups is 1. The first-order valence-electron chi connectivity index (χ1n) is 4.53. The van der Waals surface area contributed by atoms with E-state index in [0.29, 0.717) is 0 Å². The molecule has 4 nitrogen and oxygen atoms in total. The zero-order valence-electron chi connectivity index (χ0n) is 9.01. The number of benzene rings is 1. The van der Waals surface area contributed by atoms with Crippen LogP contribution in [0.1, 0.15) is 5.56 Å². The maximum absolute atomic E-state index is 11.7. The van der Waals surface area contributed by atoms with Crippen LogP contribution >= 0.6 is 0 Å². The fourth-order valence-corrected chi connectivity index (χ4v) is 1.98. The molecule has 0 radical (unpaired) electrons. The first-order chi connectivity index (χ1) is 7.45. The average molecular weight is 240 g/mol. The topological polar surface area (TPSA) is 60.4 Å². The van der Waals surface area contributed by atoms with Crippen molar-refractivity contribution in [3.63, 3.8) is 0 Å². The summed E-state index contributed by atoms with van der Waals surface area (Å²) in [5.74, 6) is -0.698. The van der Waals surface area contributed by atoms with Crippen LogP contribution in [0.2, 0.25) is 0 Å². The van der Waals surface area contributed by atoms with Gasteiger partial charge in [0.2, 0.25) is 0 Å². The number of hydrogen-bond acceptors (Lipinski definition) is 4. The van der Waals surface area contributed by atoms with Crippen LogP contribution in [0.3, 0.4) is 0 Å². The maximum Gasteiger partial charge on any atom is 0.331 e. The number of carbonyl (C=O) groups excluding carboxylic acids is 1. The normalized spacial score (nSPS) is 11.6. The van der Waals surface area contributed by atoms with E-state index in [2.05, 4.69) is 4.74 Å². The number of rotatable bonds is 3. The molecule has 1 rings (SSSR count). The first kappa shape index (κ1) is 12.4. The van der Waals surface area contributed by atoms with Gasteiger partial charge in [-0.05, 0) is 19.1 Å². The van der Waals surface area contributed by atoms with E-state index in [1.807, 2.05) is 6.92 Å². The number of esters is 1. The largest absolute Gasteiger partial charge is 0.466 e. The third kappa shape index (κ3) is 3.20. The summed E-state index contributed by atoms with van der Waals surface area (Å²) >= 11 is 0. The highest BCUT2D eigenvalue weighted by molar-refractivity contribution is 7.94. The van der Waals surface area contributed by atoms with Gasteiger partial charge in [-0.3, -0.25) is 0 Å². The smallest absolute Gasteiger partial charge is 0.331 e. The van der Waals surface area contributed by atoms with Crippen molar-refractivity contribution in [2.45, 2.75) is 11.8 Å². The number of sulfone groups is 1. The van der Waals surface area contributed by atoms with Crippen molar-refractivity contribution in [1.29, 1.82) is 0 Å². The summed E-state index contributed by atoms with van der Waals surface area (Å²) < 4.78 is 27.6. The lowest BCUT2D eigenvalue weighted by Gasteiger charge is -1.99. The van der Waals surface area contributed by atoms with E-state index >= 15 is 0 Å². The number of aryl methyl sites for hydroxylation is 1. The highest BCUT2D eigenvalue weighted by atomic mass is 32.2. The molecule has 0 aliphatic carbocycles. The third-order valence-electron chi connectivity index (χ3n) is 1.93. The van der Waals surface area contributed by atoms with Gasteiger partial charge in [-0.1, -0.05) is 17.7 Å². The lowest BCUT2D eigenvalue weighted by molar-refractivity contribution is -0.134. The van der Waals surface area contributed by atoms with Gasteiger partial charge in [0.1, 0.15) is 0 Å². The van der Waals surface area contributed by atoms with Gasteiger partial charge in [0.05, 0.1) is 12.0 Å². The second-order valence-corrected chi connectivity index (χ2v) is 5.02. The summed E-state index contributed by atoms with van der Waals surface area (Å²) in [5.41, 5.74) is 0.968. The minimum atomic E-state index is -3.56. The summed E-state index contributed by atoms with van der Waals surface area (Å²) in [7, 11) is -2.38. The minimum Gasteiger partial charge on any atom is -0.466 e. The molecule has 0 bridgehead atoms. The van der Waals surface area contributed by atoms with Crippen LogP contribution < -0.4 is 0 Å². The molecule has 0 aliphatic heterocycles. The van der Waals surface area contributed by atoms with E-state index < -0.39 is 15.8 Å². The summed E-state index contributed by atoms with van der Waals surface area (Å²) in [4.78, 5) is 10.9. The van der Waals surface area contributed by atoms with Crippen LogP contribution in [0.5, 0.6) is 0 Å². The fourth-order valence-electron chi connectivity index (χ4n) is 1.02. The van der Waals surface area contributed by atoms with Crippen LogP contribution in [0.15, 0.2) is 40.6 Å². The SMILES string of the molecule is COC(=O)/C=C/S(=O)(=O)c1ccc(C)cc1. The monoisotopic (exact) mass is 240 g/mol. The molecule has 0 atom stereocenters. The predicted octanol–water partition coefficient (Wildman–Crippen LogP) is 1.46. The van der Waals surface area contributed by atoms with Crippen molar-refractivity contribution in [2.24, 2.45) is 0 Å². The Labute approximate surface area is 94.5 Å². The molecule has 16 heavy (non-hydrogen) atoms. The Morgan fingerprint density at radius 1 is 1.25 bits per heavy atom. The summed E-state index contributed by atoms with van der Waals surface area (Å²) in [6.07, 6.45) is 0.884. The molecular formula is C11H12O4S. The van der Waals surface area contributed by atoms with Crippen molar-refractivity contribution < 1.29 is 17.9 Å². The fraction of sp³-hybridized carbons (Fsp3) is 0.182. The lowest BCUT2D eigenvalue weighted by atomic mass is 10.2. The van der Waals surface area contributed by atoms with Crippen LogP contribution in [-0.4, -0.2) is 21.5 Å². The van der Waals surface area contributed by atoms with Crippen molar-refractivity contribution in [2.75, 3.05) is 7.11 Å². The highest BCUT2D eigenvalue weighted by Gasteiger charge is 2.10. The predicted molar refractivity (Wildman–Crippen MR) is 59.5 cm³/mol. The van der Waals surface area contributed by atoms with E-state index in [0.717, 1.165) is 17.0 Å². The second-order valence-electron chi connectivity index (χ2n) is 3.18. The molecule has 0 amide bonds. The van der Waals surface area contributed by atoms with Gasteiger partial charge < -0.3 is 4.74 Å². The molecule has 1 aromatic carbocycles. The van der Waals surface area contributed by atoms with E-state index in [-0.39, 0.29) is 4.90 Å². The summed E-state index contributed by atoms with van der Waals surface area (Å²) in [6, 6.07) is 6.37. The number of methoxy groups -OCH3 is 1. The lowest BCUT2D eigenvalue weighted by Crippen LogP contribution is -2.00. The van der Waals surface area contributed by atoms with Crippen molar-refractivity contribution in [3.05, 3.63) is 41.3 Å². The molecule has 0 fully saturated rings. The van der Waals surface area contributed by atoms with Gasteiger partial charge in [-0.15, -0.1) is 0 Å². The van der Waals surface area contributed by atoms with Crippen LogP contribution in [0, 0.1) is 6.92 Å². The van der Waals surface area contributed by atoms with Crippen LogP contribution in [-0.2, 0) is 19.4 Å². The number of ether oxygens (including phenoxy) is 1. The van der Waals surface area contributed by atoms with E-state index in [4.69, 9.17) is 0 Å². The van der Waals surface area contributed by atoms with E-state index in [1.54, 1.807) is 12.1 Å². The Hall–Kier alpha value is -1.62. The van der Waals surface area contributed by atoms with E-state index in [1.165, 1.54) is 19.2 Å². The Balaban J connectivity index is 2.99. The molecule has 0 saturated carbocycles. The molecule has 0 spiro atoms. The molecule has 0 saturated heterocycles. The first-order valence-corrected chi connectivity index (χ1v) is 6.08. The van der Waals surface area contributed by atoms with Crippen LogP contribution in [0.4, 0.5) is 0 Å². The van der Waals surface area contributed by atoms with Crippen molar-refractivity contribution in [3.8, 4) is 0 Å². The molecule has 0 aromatic heterocycles. The average Bonchev–Trinajstić information content (AvgIpc) is 2.26. The van der Waals surface area contributed by atoms with Gasteiger partial charge >= 0.3 is 5.97 Å². The molecular weight excluding hydrogens is 228 g/mol. The van der Waals surface area contributed by atoms with Gasteiger partial charge in [0.15, 0.2) is 9.84 Å². The minimum absolute atomic E-state index is 0.151.